The molecule has 2 N–H and O–H groups in total. The van der Waals surface area contributed by atoms with E-state index in [1.54, 1.807) is 0 Å². The van der Waals surface area contributed by atoms with Gasteiger partial charge in [-0.3, -0.25) is 0 Å². The van der Waals surface area contributed by atoms with Crippen LogP contribution in [-0.2, 0) is 0 Å². The molecule has 0 spiro atoms. The molecule has 2 nitrogen and oxygen atoms in total. The monoisotopic (exact) mass is 108 g/mol. The van der Waals surface area contributed by atoms with E-state index in [4.69, 9.17) is 0 Å². The fourth-order valence-corrected chi connectivity index (χ4v) is 0.432. The summed E-state index contributed by atoms with van der Waals surface area (Å²) in [6, 6.07) is 7.72. The van der Waals surface area contributed by atoms with Crippen molar-refractivity contribution in [2.45, 2.75) is 0 Å². The summed E-state index contributed by atoms with van der Waals surface area (Å²) in [5.74, 6) is 0. The van der Waals surface area contributed by atoms with Crippen molar-refractivity contribution >= 4 is 0 Å². The maximum absolute atomic E-state index is 2.82. The van der Waals surface area contributed by atoms with Crippen LogP contribution in [0, 0.1) is 0 Å². The van der Waals surface area contributed by atoms with Gasteiger partial charge in [0.25, 0.3) is 0 Å². The van der Waals surface area contributed by atoms with Crippen LogP contribution in [0.3, 0.4) is 0 Å². The SMILES string of the molecule is c1ccc[nH][nH]cc1. The normalized spacial score (nSPS) is 8.00. The number of aromatic amines is 2. The summed E-state index contributed by atoms with van der Waals surface area (Å²) in [5, 5.41) is 5.64. The van der Waals surface area contributed by atoms with Crippen LogP contribution in [-0.4, -0.2) is 10.2 Å². The summed E-state index contributed by atoms with van der Waals surface area (Å²) in [6.45, 7) is 0. The lowest BCUT2D eigenvalue weighted by Crippen LogP contribution is -1.67. The summed E-state index contributed by atoms with van der Waals surface area (Å²) in [4.78, 5) is 0. The maximum atomic E-state index is 2.82. The van der Waals surface area contributed by atoms with E-state index in [1.807, 2.05) is 36.7 Å². The van der Waals surface area contributed by atoms with Gasteiger partial charge in [0.2, 0.25) is 0 Å². The Bertz CT molecular complexity index is 111. The van der Waals surface area contributed by atoms with Crippen LogP contribution < -0.4 is 0 Å². The van der Waals surface area contributed by atoms with E-state index in [0.29, 0.717) is 0 Å². The van der Waals surface area contributed by atoms with Crippen molar-refractivity contribution < 1.29 is 0 Å². The average molecular weight is 108 g/mol. The van der Waals surface area contributed by atoms with E-state index in [1.165, 1.54) is 0 Å². The molecule has 8 heavy (non-hydrogen) atoms. The molecule has 0 saturated heterocycles. The molecule has 1 aromatic heterocycles. The van der Waals surface area contributed by atoms with Gasteiger partial charge < -0.3 is 10.2 Å². The first-order valence-electron chi connectivity index (χ1n) is 2.49. The Kier molecular flexibility index (Phi) is 1.80. The van der Waals surface area contributed by atoms with Crippen molar-refractivity contribution in [1.82, 2.24) is 10.2 Å². The van der Waals surface area contributed by atoms with E-state index in [0.717, 1.165) is 0 Å². The number of rotatable bonds is 0. The van der Waals surface area contributed by atoms with E-state index in [-0.39, 0.29) is 0 Å². The summed E-state index contributed by atoms with van der Waals surface area (Å²) >= 11 is 0. The second-order valence-corrected chi connectivity index (χ2v) is 1.39. The highest BCUT2D eigenvalue weighted by Gasteiger charge is 1.55. The largest absolute Gasteiger partial charge is 0.309 e. The summed E-state index contributed by atoms with van der Waals surface area (Å²) in [7, 11) is 0. The van der Waals surface area contributed by atoms with Crippen LogP contribution in [0.5, 0.6) is 0 Å². The Balaban J connectivity index is 3.00. The molecular formula is C6H8N2. The van der Waals surface area contributed by atoms with Gasteiger partial charge in [-0.2, -0.15) is 0 Å². The molecule has 1 rings (SSSR count). The predicted molar refractivity (Wildman–Crippen MR) is 32.8 cm³/mol. The van der Waals surface area contributed by atoms with Crippen molar-refractivity contribution in [2.75, 3.05) is 0 Å². The van der Waals surface area contributed by atoms with Gasteiger partial charge in [0.1, 0.15) is 0 Å². The van der Waals surface area contributed by atoms with Crippen molar-refractivity contribution in [2.24, 2.45) is 0 Å². The smallest absolute Gasteiger partial charge is 0.0177 e. The topological polar surface area (TPSA) is 31.6 Å². The van der Waals surface area contributed by atoms with Crippen LogP contribution in [0.4, 0.5) is 0 Å². The number of nitrogens with one attached hydrogen (secondary N) is 2. The molecule has 0 unspecified atom stereocenters. The van der Waals surface area contributed by atoms with Crippen LogP contribution in [0.25, 0.3) is 0 Å². The van der Waals surface area contributed by atoms with Crippen LogP contribution >= 0.6 is 0 Å². The van der Waals surface area contributed by atoms with Crippen molar-refractivity contribution in [3.63, 3.8) is 0 Å². The van der Waals surface area contributed by atoms with Crippen LogP contribution in [0.1, 0.15) is 0 Å². The zero-order valence-corrected chi connectivity index (χ0v) is 4.46. The lowest BCUT2D eigenvalue weighted by atomic mass is 10.5. The minimum Gasteiger partial charge on any atom is -0.309 e. The number of H-pyrrole nitrogens is 2. The summed E-state index contributed by atoms with van der Waals surface area (Å²) in [5.41, 5.74) is 0. The molecule has 0 aliphatic carbocycles. The van der Waals surface area contributed by atoms with Gasteiger partial charge >= 0.3 is 0 Å². The average Bonchev–Trinajstić information content (AvgIpc) is 1.62. The minimum absolute atomic E-state index is 1.82. The van der Waals surface area contributed by atoms with Crippen molar-refractivity contribution in [3.8, 4) is 0 Å². The van der Waals surface area contributed by atoms with Gasteiger partial charge in [-0.05, 0) is 12.1 Å². The van der Waals surface area contributed by atoms with Crippen molar-refractivity contribution in [1.29, 1.82) is 0 Å². The molecule has 42 valence electrons. The molecule has 0 fully saturated rings. The summed E-state index contributed by atoms with van der Waals surface area (Å²) in [6.07, 6.45) is 3.64. The van der Waals surface area contributed by atoms with Crippen LogP contribution in [0.15, 0.2) is 36.7 Å². The molecule has 0 aliphatic heterocycles. The minimum atomic E-state index is 1.82. The van der Waals surface area contributed by atoms with Gasteiger partial charge in [-0.15, -0.1) is 0 Å². The quantitative estimate of drug-likeness (QED) is 0.504. The molecule has 0 aliphatic rings. The van der Waals surface area contributed by atoms with E-state index >= 15 is 0 Å². The first kappa shape index (κ1) is 4.97. The Morgan fingerprint density at radius 1 is 0.625 bits per heavy atom. The van der Waals surface area contributed by atoms with Gasteiger partial charge in [-0.1, -0.05) is 12.1 Å². The Morgan fingerprint density at radius 2 is 1.12 bits per heavy atom. The second-order valence-electron chi connectivity index (χ2n) is 1.39. The maximum Gasteiger partial charge on any atom is 0.0177 e. The van der Waals surface area contributed by atoms with Gasteiger partial charge in [0, 0.05) is 12.4 Å². The highest BCUT2D eigenvalue weighted by atomic mass is 15.1. The summed E-state index contributed by atoms with van der Waals surface area (Å²) < 4.78 is 0. The molecule has 2 heteroatoms. The fraction of sp³-hybridized carbons (Fsp3) is 0. The zero-order valence-electron chi connectivity index (χ0n) is 4.46. The third-order valence-electron chi connectivity index (χ3n) is 0.776. The lowest BCUT2D eigenvalue weighted by molar-refractivity contribution is 1.04. The predicted octanol–water partition coefficient (Wildman–Crippen LogP) is 1.47. The lowest BCUT2D eigenvalue weighted by Gasteiger charge is -1.75. The molecule has 0 saturated carbocycles. The van der Waals surface area contributed by atoms with Crippen molar-refractivity contribution in [3.05, 3.63) is 36.7 Å². The number of hydrogen-bond acceptors (Lipinski definition) is 0. The third-order valence-corrected chi connectivity index (χ3v) is 0.776. The fourth-order valence-electron chi connectivity index (χ4n) is 0.432. The Morgan fingerprint density at radius 3 is 1.62 bits per heavy atom. The van der Waals surface area contributed by atoms with Gasteiger partial charge in [0.05, 0.1) is 0 Å². The van der Waals surface area contributed by atoms with E-state index in [9.17, 15) is 0 Å². The standard InChI is InChI=1S/C6H8N2/c1-2-4-6-8-7-5-3-1/h1-8H. The molecule has 1 heterocycles. The van der Waals surface area contributed by atoms with Gasteiger partial charge in [-0.25, -0.2) is 0 Å². The number of hydrogen-bond donors (Lipinski definition) is 2. The highest BCUT2D eigenvalue weighted by molar-refractivity contribution is 4.87. The molecule has 0 bridgehead atoms. The van der Waals surface area contributed by atoms with Crippen LogP contribution in [0.2, 0.25) is 0 Å². The Hall–Kier alpha value is -1.18. The third kappa shape index (κ3) is 1.51. The zero-order chi connectivity index (χ0) is 5.66. The molecule has 0 aromatic carbocycles. The molecule has 0 atom stereocenters. The van der Waals surface area contributed by atoms with E-state index < -0.39 is 0 Å². The Labute approximate surface area is 47.9 Å². The molecule has 1 aromatic rings. The van der Waals surface area contributed by atoms with Gasteiger partial charge in [0.15, 0.2) is 0 Å². The first-order chi connectivity index (χ1) is 4.00. The molecule has 0 radical (unpaired) electrons. The number of aromatic nitrogens is 2. The molecule has 0 amide bonds. The molecular weight excluding hydrogens is 100 g/mol. The van der Waals surface area contributed by atoms with E-state index in [2.05, 4.69) is 10.2 Å². The highest BCUT2D eigenvalue weighted by Crippen LogP contribution is 1.72. The second kappa shape index (κ2) is 2.91. The first-order valence-corrected chi connectivity index (χ1v) is 2.49.